The van der Waals surface area contributed by atoms with E-state index < -0.39 is 15.9 Å². The second kappa shape index (κ2) is 7.88. The largest absolute Gasteiger partial charge is 0.354 e. The fourth-order valence-electron chi connectivity index (χ4n) is 4.40. The Morgan fingerprint density at radius 3 is 2.38 bits per heavy atom. The molecule has 0 saturated heterocycles. The Kier molecular flexibility index (Phi) is 5.44. The number of nitrogens with zero attached hydrogens (tertiary/aromatic N) is 2. The Balaban J connectivity index is 1.59. The number of anilines is 1. The molecule has 1 atom stereocenters. The number of rotatable bonds is 4. The van der Waals surface area contributed by atoms with Gasteiger partial charge in [0.1, 0.15) is 9.92 Å². The zero-order valence-electron chi connectivity index (χ0n) is 17.0. The van der Waals surface area contributed by atoms with Gasteiger partial charge in [0.05, 0.1) is 4.90 Å². The molecular weight excluding hydrogens is 384 g/mol. The molecule has 0 radical (unpaired) electrons. The number of aromatic nitrogens is 1. The monoisotopic (exact) mass is 412 g/mol. The first-order chi connectivity index (χ1) is 13.8. The van der Waals surface area contributed by atoms with Crippen molar-refractivity contribution in [3.05, 3.63) is 52.3 Å². The normalized spacial score (nSPS) is 17.0. The number of benzene rings is 1. The Morgan fingerprint density at radius 1 is 1.17 bits per heavy atom. The molecule has 2 amide bonds. The number of nitrogens with one attached hydrogen (secondary N) is 1. The van der Waals surface area contributed by atoms with E-state index in [1.807, 2.05) is 0 Å². The summed E-state index contributed by atoms with van der Waals surface area (Å²) < 4.78 is 16.7. The van der Waals surface area contributed by atoms with Crippen LogP contribution >= 0.6 is 0 Å². The highest BCUT2D eigenvalue weighted by Crippen LogP contribution is 2.38. The van der Waals surface area contributed by atoms with Gasteiger partial charge in [-0.2, -0.15) is 0 Å². The first-order valence-corrected chi connectivity index (χ1v) is 11.9. The third-order valence-electron chi connectivity index (χ3n) is 5.68. The number of aryl methyl sites for hydroxylation is 2. The van der Waals surface area contributed by atoms with Crippen molar-refractivity contribution in [2.24, 2.45) is 15.4 Å². The van der Waals surface area contributed by atoms with Gasteiger partial charge in [0, 0.05) is 17.6 Å². The van der Waals surface area contributed by atoms with Crippen LogP contribution in [0.3, 0.4) is 0 Å². The molecule has 0 aliphatic heterocycles. The number of carbonyl (C=O) groups excluding carboxylic acids is 1. The van der Waals surface area contributed by atoms with Crippen LogP contribution < -0.4 is 10.5 Å². The van der Waals surface area contributed by atoms with E-state index in [0.717, 1.165) is 56.3 Å². The van der Waals surface area contributed by atoms with Crippen molar-refractivity contribution in [2.75, 3.05) is 5.32 Å². The zero-order valence-corrected chi connectivity index (χ0v) is 17.8. The summed E-state index contributed by atoms with van der Waals surface area (Å²) in [4.78, 5) is 17.2. The van der Waals surface area contributed by atoms with Crippen LogP contribution in [-0.4, -0.2) is 15.2 Å². The lowest BCUT2D eigenvalue weighted by Crippen LogP contribution is -2.19. The van der Waals surface area contributed by atoms with E-state index in [4.69, 9.17) is 5.14 Å². The van der Waals surface area contributed by atoms with Crippen molar-refractivity contribution < 1.29 is 9.00 Å². The SMILES string of the molecule is CC(C)Cc1ccc([S@@](N)(=O)=NC(=O)Nc2c3c(cc4c2CCC4)CCC3)cn1. The van der Waals surface area contributed by atoms with Crippen molar-refractivity contribution in [1.29, 1.82) is 0 Å². The number of fused-ring (bicyclic) bond motifs is 2. The number of hydrogen-bond acceptors (Lipinski definition) is 3. The molecule has 29 heavy (non-hydrogen) atoms. The molecule has 2 aromatic rings. The smallest absolute Gasteiger partial charge is 0.305 e. The average Bonchev–Trinajstić information content (AvgIpc) is 3.30. The third kappa shape index (κ3) is 4.21. The maximum absolute atomic E-state index is 12.9. The van der Waals surface area contributed by atoms with Crippen LogP contribution in [0.2, 0.25) is 0 Å². The minimum absolute atomic E-state index is 0.267. The van der Waals surface area contributed by atoms with Gasteiger partial charge >= 0.3 is 6.03 Å². The fraction of sp³-hybridized carbons (Fsp3) is 0.455. The van der Waals surface area contributed by atoms with Crippen LogP contribution in [-0.2, 0) is 42.0 Å². The highest BCUT2D eigenvalue weighted by atomic mass is 32.2. The standard InChI is InChI=1S/C22H28N4O2S/c1-14(2)11-17-9-10-18(13-24-17)29(23,28)26-22(27)25-21-19-7-3-5-15(19)12-16-6-4-8-20(16)21/h9-10,12-14H,3-8,11H2,1-2H3,(H3,23,25,26,27,28)/t29-/m0/s1. The second-order valence-corrected chi connectivity index (χ2v) is 10.2. The van der Waals surface area contributed by atoms with Crippen LogP contribution in [0.4, 0.5) is 10.5 Å². The van der Waals surface area contributed by atoms with Gasteiger partial charge in [-0.3, -0.25) is 4.98 Å². The zero-order chi connectivity index (χ0) is 20.6. The number of urea groups is 1. The Morgan fingerprint density at radius 2 is 1.83 bits per heavy atom. The highest BCUT2D eigenvalue weighted by Gasteiger charge is 2.25. The Bertz CT molecular complexity index is 1030. The van der Waals surface area contributed by atoms with E-state index in [1.165, 1.54) is 28.5 Å². The molecule has 0 spiro atoms. The number of carbonyl (C=O) groups is 1. The Hall–Kier alpha value is -2.25. The third-order valence-corrected chi connectivity index (χ3v) is 7.03. The summed E-state index contributed by atoms with van der Waals surface area (Å²) in [7, 11) is -3.35. The highest BCUT2D eigenvalue weighted by molar-refractivity contribution is 7.91. The van der Waals surface area contributed by atoms with Gasteiger partial charge in [0.15, 0.2) is 0 Å². The molecule has 1 aromatic heterocycles. The predicted molar refractivity (Wildman–Crippen MR) is 115 cm³/mol. The summed E-state index contributed by atoms with van der Waals surface area (Å²) in [6, 6.07) is 5.10. The molecule has 0 saturated carbocycles. The van der Waals surface area contributed by atoms with E-state index in [1.54, 1.807) is 12.1 Å². The van der Waals surface area contributed by atoms with Gasteiger partial charge in [-0.15, -0.1) is 4.36 Å². The van der Waals surface area contributed by atoms with Crippen molar-refractivity contribution >= 4 is 21.6 Å². The van der Waals surface area contributed by atoms with Gasteiger partial charge in [0.2, 0.25) is 0 Å². The number of nitrogens with two attached hydrogens (primary N) is 1. The number of amides is 2. The van der Waals surface area contributed by atoms with Crippen molar-refractivity contribution in [2.45, 2.75) is 63.7 Å². The van der Waals surface area contributed by atoms with Crippen molar-refractivity contribution in [3.8, 4) is 0 Å². The first-order valence-electron chi connectivity index (χ1n) is 10.3. The Labute approximate surface area is 172 Å². The second-order valence-electron chi connectivity index (χ2n) is 8.41. The molecule has 0 bridgehead atoms. The van der Waals surface area contributed by atoms with Gasteiger partial charge in [-0.25, -0.2) is 14.1 Å². The molecule has 2 aliphatic rings. The maximum atomic E-state index is 12.9. The van der Waals surface area contributed by atoms with Crippen LogP contribution in [0.1, 0.15) is 54.6 Å². The summed E-state index contributed by atoms with van der Waals surface area (Å²) >= 11 is 0. The van der Waals surface area contributed by atoms with Crippen LogP contribution in [0.5, 0.6) is 0 Å². The number of pyridine rings is 1. The summed E-state index contributed by atoms with van der Waals surface area (Å²) in [6.45, 7) is 4.22. The van der Waals surface area contributed by atoms with Crippen molar-refractivity contribution in [3.63, 3.8) is 0 Å². The summed E-state index contributed by atoms with van der Waals surface area (Å²) in [6.07, 6.45) is 8.49. The van der Waals surface area contributed by atoms with E-state index in [-0.39, 0.29) is 4.90 Å². The lowest BCUT2D eigenvalue weighted by molar-refractivity contribution is 0.260. The van der Waals surface area contributed by atoms with E-state index in [9.17, 15) is 9.00 Å². The molecule has 1 heterocycles. The minimum atomic E-state index is -3.35. The molecule has 1 aromatic carbocycles. The first kappa shape index (κ1) is 20.0. The molecule has 0 unspecified atom stereocenters. The van der Waals surface area contributed by atoms with Gasteiger partial charge in [-0.05, 0) is 85.3 Å². The summed E-state index contributed by atoms with van der Waals surface area (Å²) in [5.41, 5.74) is 6.83. The summed E-state index contributed by atoms with van der Waals surface area (Å²) in [5, 5.41) is 8.85. The van der Waals surface area contributed by atoms with Crippen LogP contribution in [0, 0.1) is 5.92 Å². The molecule has 2 aliphatic carbocycles. The molecule has 7 heteroatoms. The fourth-order valence-corrected chi connectivity index (χ4v) is 5.26. The van der Waals surface area contributed by atoms with Gasteiger partial charge < -0.3 is 5.32 Å². The van der Waals surface area contributed by atoms with Crippen LogP contribution in [0.15, 0.2) is 33.7 Å². The summed E-state index contributed by atoms with van der Waals surface area (Å²) in [5.74, 6) is 0.473. The van der Waals surface area contributed by atoms with E-state index in [2.05, 4.69) is 34.6 Å². The molecule has 6 nitrogen and oxygen atoms in total. The van der Waals surface area contributed by atoms with Crippen molar-refractivity contribution in [1.82, 2.24) is 4.98 Å². The van der Waals surface area contributed by atoms with E-state index in [0.29, 0.717) is 5.92 Å². The van der Waals surface area contributed by atoms with Gasteiger partial charge in [0.25, 0.3) is 0 Å². The van der Waals surface area contributed by atoms with Crippen LogP contribution in [0.25, 0.3) is 0 Å². The quantitative estimate of drug-likeness (QED) is 0.788. The molecule has 0 fully saturated rings. The molecule has 154 valence electrons. The average molecular weight is 413 g/mol. The topological polar surface area (TPSA) is 97.4 Å². The van der Waals surface area contributed by atoms with Gasteiger partial charge in [-0.1, -0.05) is 19.9 Å². The molecule has 4 rings (SSSR count). The van der Waals surface area contributed by atoms with E-state index >= 15 is 0 Å². The predicted octanol–water partition coefficient (Wildman–Crippen LogP) is 4.19. The lowest BCUT2D eigenvalue weighted by Gasteiger charge is -2.15. The lowest BCUT2D eigenvalue weighted by atomic mass is 9.99. The molecular formula is C22H28N4O2S. The maximum Gasteiger partial charge on any atom is 0.354 e. The molecule has 3 N–H and O–H groups in total. The minimum Gasteiger partial charge on any atom is -0.305 e. The number of hydrogen-bond donors (Lipinski definition) is 2.